The van der Waals surface area contributed by atoms with Gasteiger partial charge in [0.2, 0.25) is 0 Å². The summed E-state index contributed by atoms with van der Waals surface area (Å²) in [7, 11) is 1.36. The highest BCUT2D eigenvalue weighted by Gasteiger charge is 2.17. The molecule has 1 amide bonds. The first-order chi connectivity index (χ1) is 9.43. The van der Waals surface area contributed by atoms with Crippen molar-refractivity contribution in [1.82, 2.24) is 0 Å². The number of rotatable bonds is 7. The van der Waals surface area contributed by atoms with Gasteiger partial charge in [0, 0.05) is 0 Å². The lowest BCUT2D eigenvalue weighted by Gasteiger charge is -2.07. The lowest BCUT2D eigenvalue weighted by Crippen LogP contribution is -2.21. The molecule has 0 saturated heterocycles. The number of anilines is 1. The van der Waals surface area contributed by atoms with Crippen LogP contribution in [-0.4, -0.2) is 42.2 Å². The van der Waals surface area contributed by atoms with Crippen LogP contribution in [0, 0.1) is 10.1 Å². The van der Waals surface area contributed by atoms with Gasteiger partial charge in [-0.3, -0.25) is 14.9 Å². The molecule has 0 radical (unpaired) electrons. The van der Waals surface area contributed by atoms with Gasteiger partial charge in [-0.1, -0.05) is 0 Å². The summed E-state index contributed by atoms with van der Waals surface area (Å²) in [6, 6.07) is 3.92. The number of nitrogens with zero attached hydrogens (tertiary/aromatic N) is 1. The maximum atomic E-state index is 11.4. The van der Waals surface area contributed by atoms with E-state index in [1.807, 2.05) is 0 Å². The first-order valence-electron chi connectivity index (χ1n) is 5.36. The highest BCUT2D eigenvalue weighted by atomic mass is 16.6. The maximum absolute atomic E-state index is 11.4. The van der Waals surface area contributed by atoms with Crippen LogP contribution in [0.3, 0.4) is 0 Å². The molecule has 0 aliphatic rings. The molecule has 108 valence electrons. The molecule has 1 rings (SSSR count). The minimum Gasteiger partial charge on any atom is -0.496 e. The molecule has 0 atom stereocenters. The standard InChI is InChI=1S/C11H12N2O7/c1-19-7-2-3-8(9(4-7)13(17)18)12-10(14)5-20-6-11(15)16/h2-4H,5-6H2,1H3,(H,12,14)(H,15,16). The number of hydrogen-bond donors (Lipinski definition) is 2. The van der Waals surface area contributed by atoms with Gasteiger partial charge in [-0.2, -0.15) is 0 Å². The van der Waals surface area contributed by atoms with Gasteiger partial charge < -0.3 is 19.9 Å². The van der Waals surface area contributed by atoms with Crippen LogP contribution in [-0.2, 0) is 14.3 Å². The van der Waals surface area contributed by atoms with Crippen LogP contribution in [0.15, 0.2) is 18.2 Å². The number of carboxylic acid groups (broad SMARTS) is 1. The van der Waals surface area contributed by atoms with Gasteiger partial charge >= 0.3 is 5.97 Å². The van der Waals surface area contributed by atoms with Crippen molar-refractivity contribution in [3.05, 3.63) is 28.3 Å². The minimum absolute atomic E-state index is 0.0280. The van der Waals surface area contributed by atoms with E-state index in [0.29, 0.717) is 0 Å². The number of amides is 1. The highest BCUT2D eigenvalue weighted by Crippen LogP contribution is 2.28. The Kier molecular flexibility index (Phi) is 5.42. The Hall–Kier alpha value is -2.68. The molecular formula is C11H12N2O7. The molecule has 20 heavy (non-hydrogen) atoms. The lowest BCUT2D eigenvalue weighted by atomic mass is 10.2. The third kappa shape index (κ3) is 4.53. The van der Waals surface area contributed by atoms with Crippen LogP contribution in [0.4, 0.5) is 11.4 Å². The van der Waals surface area contributed by atoms with Crippen molar-refractivity contribution in [3.63, 3.8) is 0 Å². The van der Waals surface area contributed by atoms with Gasteiger partial charge in [0.15, 0.2) is 0 Å². The average molecular weight is 284 g/mol. The van der Waals surface area contributed by atoms with E-state index in [2.05, 4.69) is 10.1 Å². The molecule has 9 heteroatoms. The first kappa shape index (κ1) is 15.4. The molecule has 0 aromatic heterocycles. The number of aliphatic carboxylic acids is 1. The Labute approximate surface area is 113 Å². The molecule has 0 fully saturated rings. The summed E-state index contributed by atoms with van der Waals surface area (Å²) in [5.74, 6) is -1.63. The maximum Gasteiger partial charge on any atom is 0.329 e. The van der Waals surface area contributed by atoms with Crippen LogP contribution in [0.1, 0.15) is 0 Å². The molecule has 0 spiro atoms. The number of methoxy groups -OCH3 is 1. The number of nitrogens with one attached hydrogen (secondary N) is 1. The fourth-order valence-electron chi connectivity index (χ4n) is 1.31. The Morgan fingerprint density at radius 2 is 2.10 bits per heavy atom. The Morgan fingerprint density at radius 1 is 1.40 bits per heavy atom. The van der Waals surface area contributed by atoms with E-state index in [1.54, 1.807) is 0 Å². The van der Waals surface area contributed by atoms with Gasteiger partial charge in [0.05, 0.1) is 18.1 Å². The van der Waals surface area contributed by atoms with Gasteiger partial charge in [-0.05, 0) is 12.1 Å². The quantitative estimate of drug-likeness (QED) is 0.555. The molecule has 0 bridgehead atoms. The molecule has 0 saturated carbocycles. The zero-order valence-corrected chi connectivity index (χ0v) is 10.5. The van der Waals surface area contributed by atoms with Crippen molar-refractivity contribution in [2.45, 2.75) is 0 Å². The van der Waals surface area contributed by atoms with E-state index < -0.39 is 30.0 Å². The predicted molar refractivity (Wildman–Crippen MR) is 66.7 cm³/mol. The summed E-state index contributed by atoms with van der Waals surface area (Å²) >= 11 is 0. The van der Waals surface area contributed by atoms with Crippen molar-refractivity contribution in [2.24, 2.45) is 0 Å². The number of carboxylic acids is 1. The van der Waals surface area contributed by atoms with Crippen molar-refractivity contribution in [3.8, 4) is 5.75 Å². The second-order valence-electron chi connectivity index (χ2n) is 3.57. The fraction of sp³-hybridized carbons (Fsp3) is 0.273. The molecule has 0 aliphatic heterocycles. The van der Waals surface area contributed by atoms with Crippen LogP contribution < -0.4 is 10.1 Å². The summed E-state index contributed by atoms with van der Waals surface area (Å²) < 4.78 is 9.42. The molecule has 2 N–H and O–H groups in total. The zero-order valence-electron chi connectivity index (χ0n) is 10.5. The van der Waals surface area contributed by atoms with Crippen molar-refractivity contribution < 1.29 is 29.1 Å². The van der Waals surface area contributed by atoms with Crippen LogP contribution in [0.2, 0.25) is 0 Å². The van der Waals surface area contributed by atoms with Gasteiger partial charge in [0.1, 0.15) is 24.7 Å². The lowest BCUT2D eigenvalue weighted by molar-refractivity contribution is -0.384. The SMILES string of the molecule is COc1ccc(NC(=O)COCC(=O)O)c([N+](=O)[O-])c1. The normalized spacial score (nSPS) is 9.85. The molecular weight excluding hydrogens is 272 g/mol. The van der Waals surface area contributed by atoms with Gasteiger partial charge in [-0.15, -0.1) is 0 Å². The van der Waals surface area contributed by atoms with Gasteiger partial charge in [-0.25, -0.2) is 4.79 Å². The summed E-state index contributed by atoms with van der Waals surface area (Å²) in [6.45, 7) is -1.15. The summed E-state index contributed by atoms with van der Waals surface area (Å²) in [5.41, 5.74) is -0.365. The van der Waals surface area contributed by atoms with E-state index in [4.69, 9.17) is 9.84 Å². The van der Waals surface area contributed by atoms with Crippen molar-refractivity contribution >= 4 is 23.3 Å². The van der Waals surface area contributed by atoms with Crippen LogP contribution >= 0.6 is 0 Å². The molecule has 0 unspecified atom stereocenters. The van der Waals surface area contributed by atoms with Crippen molar-refractivity contribution in [1.29, 1.82) is 0 Å². The Morgan fingerprint density at radius 3 is 2.65 bits per heavy atom. The number of carbonyl (C=O) groups excluding carboxylic acids is 1. The number of nitro groups is 1. The zero-order chi connectivity index (χ0) is 15.1. The minimum atomic E-state index is -1.21. The number of nitro benzene ring substituents is 1. The average Bonchev–Trinajstić information content (AvgIpc) is 2.38. The highest BCUT2D eigenvalue weighted by molar-refractivity contribution is 5.94. The second-order valence-corrected chi connectivity index (χ2v) is 3.57. The Balaban J connectivity index is 2.73. The second kappa shape index (κ2) is 7.04. The van der Waals surface area contributed by atoms with E-state index in [0.717, 1.165) is 6.07 Å². The molecule has 0 heterocycles. The van der Waals surface area contributed by atoms with E-state index in [1.165, 1.54) is 19.2 Å². The summed E-state index contributed by atoms with van der Waals surface area (Å²) in [5, 5.41) is 21.5. The predicted octanol–water partition coefficient (Wildman–Crippen LogP) is 0.643. The monoisotopic (exact) mass is 284 g/mol. The fourth-order valence-corrected chi connectivity index (χ4v) is 1.31. The topological polar surface area (TPSA) is 128 Å². The smallest absolute Gasteiger partial charge is 0.329 e. The largest absolute Gasteiger partial charge is 0.496 e. The summed E-state index contributed by atoms with van der Waals surface area (Å²) in [6.07, 6.45) is 0. The molecule has 1 aromatic rings. The van der Waals surface area contributed by atoms with E-state index in [9.17, 15) is 19.7 Å². The number of ether oxygens (including phenoxy) is 2. The van der Waals surface area contributed by atoms with E-state index in [-0.39, 0.29) is 17.1 Å². The number of benzene rings is 1. The third-order valence-electron chi connectivity index (χ3n) is 2.13. The summed E-state index contributed by atoms with van der Waals surface area (Å²) in [4.78, 5) is 31.8. The van der Waals surface area contributed by atoms with Crippen LogP contribution in [0.25, 0.3) is 0 Å². The number of hydrogen-bond acceptors (Lipinski definition) is 6. The third-order valence-corrected chi connectivity index (χ3v) is 2.13. The number of carbonyl (C=O) groups is 2. The van der Waals surface area contributed by atoms with E-state index >= 15 is 0 Å². The molecule has 1 aromatic carbocycles. The van der Waals surface area contributed by atoms with Crippen molar-refractivity contribution in [2.75, 3.05) is 25.6 Å². The Bertz CT molecular complexity index is 530. The molecule has 0 aliphatic carbocycles. The van der Waals surface area contributed by atoms with Crippen LogP contribution in [0.5, 0.6) is 5.75 Å². The first-order valence-corrected chi connectivity index (χ1v) is 5.36. The molecule has 9 nitrogen and oxygen atoms in total. The van der Waals surface area contributed by atoms with Gasteiger partial charge in [0.25, 0.3) is 11.6 Å².